The first-order valence-corrected chi connectivity index (χ1v) is 7.85. The zero-order chi connectivity index (χ0) is 17.3. The van der Waals surface area contributed by atoms with E-state index in [1.165, 1.54) is 12.1 Å². The number of halogens is 1. The number of benzene rings is 1. The topological polar surface area (TPSA) is 67.6 Å². The predicted molar refractivity (Wildman–Crippen MR) is 85.6 cm³/mol. The van der Waals surface area contributed by atoms with E-state index in [4.69, 9.17) is 4.74 Å². The predicted octanol–water partition coefficient (Wildman–Crippen LogP) is 1.54. The van der Waals surface area contributed by atoms with Crippen LogP contribution in [0.5, 0.6) is 0 Å². The van der Waals surface area contributed by atoms with Crippen molar-refractivity contribution in [2.75, 3.05) is 19.8 Å². The molecule has 1 aliphatic rings. The summed E-state index contributed by atoms with van der Waals surface area (Å²) in [5.41, 5.74) is 1.79. The monoisotopic (exact) mass is 333 g/mol. The van der Waals surface area contributed by atoms with E-state index in [-0.39, 0.29) is 30.5 Å². The van der Waals surface area contributed by atoms with Crippen LogP contribution < -0.4 is 0 Å². The van der Waals surface area contributed by atoms with Gasteiger partial charge < -0.3 is 14.7 Å². The maximum atomic E-state index is 13.1. The van der Waals surface area contributed by atoms with Crippen LogP contribution in [0.3, 0.4) is 0 Å². The number of aliphatic hydroxyl groups is 1. The minimum atomic E-state index is -0.370. The van der Waals surface area contributed by atoms with Crippen LogP contribution in [-0.2, 0) is 4.74 Å². The van der Waals surface area contributed by atoms with Gasteiger partial charge in [0.2, 0.25) is 0 Å². The van der Waals surface area contributed by atoms with Crippen LogP contribution in [0.15, 0.2) is 30.3 Å². The minimum absolute atomic E-state index is 0.0865. The first kappa shape index (κ1) is 16.6. The molecule has 6 nitrogen and oxygen atoms in total. The van der Waals surface area contributed by atoms with Gasteiger partial charge in [0.15, 0.2) is 5.69 Å². The Kier molecular flexibility index (Phi) is 4.64. The second kappa shape index (κ2) is 6.70. The molecule has 2 heterocycles. The zero-order valence-electron chi connectivity index (χ0n) is 13.6. The van der Waals surface area contributed by atoms with Gasteiger partial charge in [0.05, 0.1) is 31.0 Å². The molecule has 7 heteroatoms. The molecule has 0 bridgehead atoms. The molecule has 0 spiro atoms. The third-order valence-corrected chi connectivity index (χ3v) is 4.15. The SMILES string of the molecule is Cc1cc(C(=O)N2CC(CO)OCC2C)nn1-c1ccc(F)cc1. The molecule has 2 atom stereocenters. The lowest BCUT2D eigenvalue weighted by Gasteiger charge is -2.37. The van der Waals surface area contributed by atoms with Crippen molar-refractivity contribution in [3.05, 3.63) is 47.5 Å². The second-order valence-electron chi connectivity index (χ2n) is 6.00. The average molecular weight is 333 g/mol. The summed E-state index contributed by atoms with van der Waals surface area (Å²) in [6.07, 6.45) is -0.370. The fraction of sp³-hybridized carbons (Fsp3) is 0.412. The fourth-order valence-electron chi connectivity index (χ4n) is 2.78. The Labute approximate surface area is 139 Å². The number of nitrogens with zero attached hydrogens (tertiary/aromatic N) is 3. The number of aliphatic hydroxyl groups excluding tert-OH is 1. The van der Waals surface area contributed by atoms with Crippen LogP contribution in [0.4, 0.5) is 4.39 Å². The lowest BCUT2D eigenvalue weighted by atomic mass is 10.2. The molecule has 3 rings (SSSR count). The lowest BCUT2D eigenvalue weighted by Crippen LogP contribution is -2.52. The highest BCUT2D eigenvalue weighted by Crippen LogP contribution is 2.18. The highest BCUT2D eigenvalue weighted by molar-refractivity contribution is 5.92. The molecule has 1 aromatic carbocycles. The van der Waals surface area contributed by atoms with Crippen LogP contribution in [0.25, 0.3) is 5.69 Å². The minimum Gasteiger partial charge on any atom is -0.394 e. The molecule has 1 fully saturated rings. The van der Waals surface area contributed by atoms with Crippen LogP contribution in [-0.4, -0.2) is 57.6 Å². The zero-order valence-corrected chi connectivity index (χ0v) is 13.6. The first-order valence-electron chi connectivity index (χ1n) is 7.85. The summed E-state index contributed by atoms with van der Waals surface area (Å²) in [5.74, 6) is -0.523. The van der Waals surface area contributed by atoms with Gasteiger partial charge >= 0.3 is 0 Å². The number of hydrogen-bond donors (Lipinski definition) is 1. The summed E-state index contributed by atoms with van der Waals surface area (Å²) >= 11 is 0. The van der Waals surface area contributed by atoms with Gasteiger partial charge in [-0.15, -0.1) is 0 Å². The maximum absolute atomic E-state index is 13.1. The van der Waals surface area contributed by atoms with Crippen molar-refractivity contribution in [3.8, 4) is 5.69 Å². The Morgan fingerprint density at radius 3 is 2.79 bits per heavy atom. The fourth-order valence-corrected chi connectivity index (χ4v) is 2.78. The van der Waals surface area contributed by atoms with Crippen LogP contribution in [0, 0.1) is 12.7 Å². The number of aromatic nitrogens is 2. The summed E-state index contributed by atoms with van der Waals surface area (Å²) < 4.78 is 20.1. The molecule has 1 amide bonds. The van der Waals surface area contributed by atoms with E-state index in [2.05, 4.69) is 5.10 Å². The average Bonchev–Trinajstić information content (AvgIpc) is 2.97. The van der Waals surface area contributed by atoms with Crippen molar-refractivity contribution < 1.29 is 19.0 Å². The number of hydrogen-bond acceptors (Lipinski definition) is 4. The summed E-state index contributed by atoms with van der Waals surface area (Å²) in [4.78, 5) is 14.4. The van der Waals surface area contributed by atoms with E-state index in [0.29, 0.717) is 24.5 Å². The van der Waals surface area contributed by atoms with Gasteiger partial charge in [-0.3, -0.25) is 4.79 Å². The summed E-state index contributed by atoms with van der Waals surface area (Å²) in [6.45, 7) is 4.33. The molecule has 1 aromatic heterocycles. The van der Waals surface area contributed by atoms with E-state index in [0.717, 1.165) is 5.69 Å². The van der Waals surface area contributed by atoms with Crippen LogP contribution >= 0.6 is 0 Å². The van der Waals surface area contributed by atoms with Crippen molar-refractivity contribution in [3.63, 3.8) is 0 Å². The largest absolute Gasteiger partial charge is 0.394 e. The molecule has 128 valence electrons. The molecule has 0 saturated carbocycles. The van der Waals surface area contributed by atoms with Crippen molar-refractivity contribution in [2.45, 2.75) is 26.0 Å². The molecule has 1 N–H and O–H groups in total. The van der Waals surface area contributed by atoms with E-state index >= 15 is 0 Å². The lowest BCUT2D eigenvalue weighted by molar-refractivity contribution is -0.0668. The summed E-state index contributed by atoms with van der Waals surface area (Å²) in [7, 11) is 0. The van der Waals surface area contributed by atoms with Crippen molar-refractivity contribution >= 4 is 5.91 Å². The van der Waals surface area contributed by atoms with Gasteiger partial charge in [0.1, 0.15) is 5.82 Å². The van der Waals surface area contributed by atoms with Crippen molar-refractivity contribution in [1.29, 1.82) is 0 Å². The number of rotatable bonds is 3. The number of aryl methyl sites for hydroxylation is 1. The van der Waals surface area contributed by atoms with Gasteiger partial charge in [-0.25, -0.2) is 9.07 Å². The number of amides is 1. The quantitative estimate of drug-likeness (QED) is 0.925. The molecular weight excluding hydrogens is 313 g/mol. The Morgan fingerprint density at radius 1 is 1.42 bits per heavy atom. The molecule has 2 aromatic rings. The molecular formula is C17H20FN3O3. The maximum Gasteiger partial charge on any atom is 0.274 e. The van der Waals surface area contributed by atoms with Crippen molar-refractivity contribution in [1.82, 2.24) is 14.7 Å². The van der Waals surface area contributed by atoms with Crippen molar-refractivity contribution in [2.24, 2.45) is 0 Å². The number of carbonyl (C=O) groups is 1. The van der Waals surface area contributed by atoms with Gasteiger partial charge in [-0.1, -0.05) is 0 Å². The highest BCUT2D eigenvalue weighted by Gasteiger charge is 2.31. The Morgan fingerprint density at radius 2 is 2.12 bits per heavy atom. The second-order valence-corrected chi connectivity index (χ2v) is 6.00. The first-order chi connectivity index (χ1) is 11.5. The molecule has 1 aliphatic heterocycles. The summed E-state index contributed by atoms with van der Waals surface area (Å²) in [5, 5.41) is 13.6. The van der Waals surface area contributed by atoms with Crippen LogP contribution in [0.1, 0.15) is 23.1 Å². The smallest absolute Gasteiger partial charge is 0.274 e. The molecule has 2 unspecified atom stereocenters. The van der Waals surface area contributed by atoms with Gasteiger partial charge in [0.25, 0.3) is 5.91 Å². The van der Waals surface area contributed by atoms with E-state index in [1.54, 1.807) is 27.8 Å². The Balaban J connectivity index is 1.86. The number of morpholine rings is 1. The molecule has 24 heavy (non-hydrogen) atoms. The normalized spacial score (nSPS) is 21.1. The van der Waals surface area contributed by atoms with E-state index < -0.39 is 0 Å². The van der Waals surface area contributed by atoms with E-state index in [9.17, 15) is 14.3 Å². The van der Waals surface area contributed by atoms with Gasteiger partial charge in [-0.05, 0) is 44.2 Å². The summed E-state index contributed by atoms with van der Waals surface area (Å²) in [6, 6.07) is 7.56. The van der Waals surface area contributed by atoms with Gasteiger partial charge in [0, 0.05) is 12.2 Å². The number of ether oxygens (including phenoxy) is 1. The third kappa shape index (κ3) is 3.18. The van der Waals surface area contributed by atoms with Crippen LogP contribution in [0.2, 0.25) is 0 Å². The van der Waals surface area contributed by atoms with E-state index in [1.807, 2.05) is 13.8 Å². The Hall–Kier alpha value is -2.25. The highest BCUT2D eigenvalue weighted by atomic mass is 19.1. The molecule has 0 aliphatic carbocycles. The molecule has 1 saturated heterocycles. The van der Waals surface area contributed by atoms with Gasteiger partial charge in [-0.2, -0.15) is 5.10 Å². The number of carbonyl (C=O) groups excluding carboxylic acids is 1. The Bertz CT molecular complexity index is 729. The third-order valence-electron chi connectivity index (χ3n) is 4.15. The standard InChI is InChI=1S/C17H20FN3O3/c1-11-7-16(19-21(11)14-5-3-13(18)4-6-14)17(23)20-8-15(9-22)24-10-12(20)2/h3-7,12,15,22H,8-10H2,1-2H3. The molecule has 0 radical (unpaired) electrons.